The summed E-state index contributed by atoms with van der Waals surface area (Å²) in [6, 6.07) is 3.99. The lowest BCUT2D eigenvalue weighted by molar-refractivity contribution is 0.0949. The molecule has 1 aromatic heterocycles. The average molecular weight is 263 g/mol. The first-order valence-corrected chi connectivity index (χ1v) is 5.84. The molecule has 0 fully saturated rings. The van der Waals surface area contributed by atoms with Crippen molar-refractivity contribution in [1.29, 1.82) is 0 Å². The van der Waals surface area contributed by atoms with Gasteiger partial charge in [0.25, 0.3) is 5.91 Å². The highest BCUT2D eigenvalue weighted by Gasteiger charge is 2.10. The van der Waals surface area contributed by atoms with Gasteiger partial charge in [-0.15, -0.1) is 0 Å². The van der Waals surface area contributed by atoms with Gasteiger partial charge in [0.2, 0.25) is 0 Å². The third-order valence-electron chi connectivity index (χ3n) is 2.58. The van der Waals surface area contributed by atoms with Crippen molar-refractivity contribution in [3.8, 4) is 0 Å². The number of benzene rings is 1. The lowest BCUT2D eigenvalue weighted by atomic mass is 10.2. The summed E-state index contributed by atoms with van der Waals surface area (Å²) in [6.07, 6.45) is 2.79. The molecule has 0 saturated heterocycles. The molecule has 100 valence electrons. The number of aromatic amines is 1. The first-order valence-electron chi connectivity index (χ1n) is 5.84. The summed E-state index contributed by atoms with van der Waals surface area (Å²) < 4.78 is 13.5. The van der Waals surface area contributed by atoms with Crippen molar-refractivity contribution in [3.63, 3.8) is 0 Å². The molecule has 0 radical (unpaired) electrons. The monoisotopic (exact) mass is 263 g/mol. The molecule has 1 amide bonds. The summed E-state index contributed by atoms with van der Waals surface area (Å²) in [5.74, 6) is -0.310. The van der Waals surface area contributed by atoms with Gasteiger partial charge < -0.3 is 11.1 Å². The maximum atomic E-state index is 13.5. The van der Waals surface area contributed by atoms with Gasteiger partial charge in [0.05, 0.1) is 5.56 Å². The molecule has 0 aliphatic heterocycles. The standard InChI is InChI=1S/C12H14FN5O/c13-10-6-8(14)3-4-9(10)12(19)15-5-1-2-11-16-7-17-18-11/h3-4,6-7H,1-2,5,14H2,(H,15,19)(H,16,17,18). The van der Waals surface area contributed by atoms with Gasteiger partial charge in [0.15, 0.2) is 0 Å². The Morgan fingerprint density at radius 3 is 3.00 bits per heavy atom. The molecular formula is C12H14FN5O. The zero-order chi connectivity index (χ0) is 13.7. The molecule has 4 N–H and O–H groups in total. The van der Waals surface area contributed by atoms with Gasteiger partial charge in [0, 0.05) is 18.7 Å². The van der Waals surface area contributed by atoms with Gasteiger partial charge in [-0.2, -0.15) is 5.10 Å². The number of carbonyl (C=O) groups is 1. The molecule has 19 heavy (non-hydrogen) atoms. The van der Waals surface area contributed by atoms with E-state index in [4.69, 9.17) is 5.73 Å². The van der Waals surface area contributed by atoms with Crippen LogP contribution in [0, 0.1) is 5.82 Å². The van der Waals surface area contributed by atoms with Crippen molar-refractivity contribution in [1.82, 2.24) is 20.5 Å². The number of nitrogens with zero attached hydrogens (tertiary/aromatic N) is 2. The van der Waals surface area contributed by atoms with E-state index in [0.717, 1.165) is 11.9 Å². The van der Waals surface area contributed by atoms with Crippen LogP contribution in [0.1, 0.15) is 22.6 Å². The topological polar surface area (TPSA) is 96.7 Å². The maximum absolute atomic E-state index is 13.5. The molecule has 7 heteroatoms. The number of hydrogen-bond donors (Lipinski definition) is 3. The van der Waals surface area contributed by atoms with Crippen molar-refractivity contribution in [3.05, 3.63) is 41.7 Å². The summed E-state index contributed by atoms with van der Waals surface area (Å²) in [5.41, 5.74) is 5.70. The fourth-order valence-electron chi connectivity index (χ4n) is 1.62. The number of aromatic nitrogens is 3. The van der Waals surface area contributed by atoms with Crippen molar-refractivity contribution >= 4 is 11.6 Å². The first kappa shape index (κ1) is 13.0. The van der Waals surface area contributed by atoms with E-state index >= 15 is 0 Å². The van der Waals surface area contributed by atoms with Gasteiger partial charge in [-0.1, -0.05) is 0 Å². The smallest absolute Gasteiger partial charge is 0.254 e. The molecular weight excluding hydrogens is 249 g/mol. The van der Waals surface area contributed by atoms with E-state index < -0.39 is 11.7 Å². The highest BCUT2D eigenvalue weighted by Crippen LogP contribution is 2.11. The summed E-state index contributed by atoms with van der Waals surface area (Å²) in [4.78, 5) is 15.7. The van der Waals surface area contributed by atoms with Crippen molar-refractivity contribution in [2.75, 3.05) is 12.3 Å². The van der Waals surface area contributed by atoms with E-state index in [0.29, 0.717) is 25.1 Å². The number of halogens is 1. The highest BCUT2D eigenvalue weighted by atomic mass is 19.1. The normalized spacial score (nSPS) is 10.4. The van der Waals surface area contributed by atoms with Gasteiger partial charge in [-0.3, -0.25) is 9.89 Å². The average Bonchev–Trinajstić information content (AvgIpc) is 2.87. The molecule has 0 spiro atoms. The number of nitrogen functional groups attached to an aromatic ring is 1. The van der Waals surface area contributed by atoms with Crippen molar-refractivity contribution in [2.45, 2.75) is 12.8 Å². The number of nitrogens with two attached hydrogens (primary N) is 1. The van der Waals surface area contributed by atoms with Gasteiger partial charge in [-0.25, -0.2) is 9.37 Å². The molecule has 1 aromatic carbocycles. The minimum absolute atomic E-state index is 0.00568. The van der Waals surface area contributed by atoms with E-state index in [-0.39, 0.29) is 5.56 Å². The zero-order valence-corrected chi connectivity index (χ0v) is 10.2. The molecule has 0 bridgehead atoms. The van der Waals surface area contributed by atoms with Gasteiger partial charge in [0.1, 0.15) is 18.0 Å². The van der Waals surface area contributed by atoms with Crippen LogP contribution in [-0.2, 0) is 6.42 Å². The zero-order valence-electron chi connectivity index (χ0n) is 10.2. The van der Waals surface area contributed by atoms with E-state index in [9.17, 15) is 9.18 Å². The van der Waals surface area contributed by atoms with Crippen LogP contribution in [0.3, 0.4) is 0 Å². The lowest BCUT2D eigenvalue weighted by Gasteiger charge is -2.06. The van der Waals surface area contributed by atoms with Crippen LogP contribution >= 0.6 is 0 Å². The Morgan fingerprint density at radius 2 is 2.32 bits per heavy atom. The van der Waals surface area contributed by atoms with Gasteiger partial charge >= 0.3 is 0 Å². The number of nitrogens with one attached hydrogen (secondary N) is 2. The molecule has 0 atom stereocenters. The fourth-order valence-corrected chi connectivity index (χ4v) is 1.62. The maximum Gasteiger partial charge on any atom is 0.254 e. The Hall–Kier alpha value is -2.44. The Balaban J connectivity index is 1.81. The summed E-state index contributed by atoms with van der Waals surface area (Å²) in [5, 5.41) is 9.08. The molecule has 0 unspecified atom stereocenters. The summed E-state index contributed by atoms with van der Waals surface area (Å²) in [7, 11) is 0. The molecule has 0 aliphatic rings. The SMILES string of the molecule is Nc1ccc(C(=O)NCCCc2ncn[nH]2)c(F)c1. The van der Waals surface area contributed by atoms with Crippen LogP contribution in [0.25, 0.3) is 0 Å². The second kappa shape index (κ2) is 5.94. The van der Waals surface area contributed by atoms with E-state index in [1.165, 1.54) is 18.5 Å². The number of rotatable bonds is 5. The van der Waals surface area contributed by atoms with Crippen molar-refractivity contribution in [2.24, 2.45) is 0 Å². The Labute approximate surface area is 109 Å². The highest BCUT2D eigenvalue weighted by molar-refractivity contribution is 5.94. The third-order valence-corrected chi connectivity index (χ3v) is 2.58. The summed E-state index contributed by atoms with van der Waals surface area (Å²) >= 11 is 0. The second-order valence-corrected chi connectivity index (χ2v) is 4.03. The minimum atomic E-state index is -0.618. The van der Waals surface area contributed by atoms with Crippen LogP contribution < -0.4 is 11.1 Å². The Kier molecular flexibility index (Phi) is 4.07. The van der Waals surface area contributed by atoms with Crippen LogP contribution in [0.15, 0.2) is 24.5 Å². The van der Waals surface area contributed by atoms with E-state index in [1.54, 1.807) is 0 Å². The fraction of sp³-hybridized carbons (Fsp3) is 0.250. The number of carbonyl (C=O) groups excluding carboxylic acids is 1. The minimum Gasteiger partial charge on any atom is -0.399 e. The summed E-state index contributed by atoms with van der Waals surface area (Å²) in [6.45, 7) is 0.434. The van der Waals surface area contributed by atoms with E-state index in [2.05, 4.69) is 20.5 Å². The number of hydrogen-bond acceptors (Lipinski definition) is 4. The van der Waals surface area contributed by atoms with Crippen molar-refractivity contribution < 1.29 is 9.18 Å². The Morgan fingerprint density at radius 1 is 1.47 bits per heavy atom. The molecule has 0 saturated carbocycles. The number of amides is 1. The third kappa shape index (κ3) is 3.51. The van der Waals surface area contributed by atoms with Crippen LogP contribution in [-0.4, -0.2) is 27.6 Å². The Bertz CT molecular complexity index is 555. The molecule has 1 heterocycles. The quantitative estimate of drug-likeness (QED) is 0.551. The number of aryl methyl sites for hydroxylation is 1. The lowest BCUT2D eigenvalue weighted by Crippen LogP contribution is -2.25. The van der Waals surface area contributed by atoms with E-state index in [1.807, 2.05) is 0 Å². The van der Waals surface area contributed by atoms with Crippen LogP contribution in [0.5, 0.6) is 0 Å². The predicted molar refractivity (Wildman–Crippen MR) is 67.8 cm³/mol. The molecule has 2 rings (SSSR count). The van der Waals surface area contributed by atoms with Crippen LogP contribution in [0.2, 0.25) is 0 Å². The number of H-pyrrole nitrogens is 1. The van der Waals surface area contributed by atoms with Gasteiger partial charge in [-0.05, 0) is 24.6 Å². The number of anilines is 1. The largest absolute Gasteiger partial charge is 0.399 e. The van der Waals surface area contributed by atoms with Crippen LogP contribution in [0.4, 0.5) is 10.1 Å². The predicted octanol–water partition coefficient (Wildman–Crippen LogP) is 0.889. The molecule has 2 aromatic rings. The molecule has 0 aliphatic carbocycles. The second-order valence-electron chi connectivity index (χ2n) is 4.03. The molecule has 6 nitrogen and oxygen atoms in total. The first-order chi connectivity index (χ1) is 9.16.